The van der Waals surface area contributed by atoms with Gasteiger partial charge in [0.2, 0.25) is 0 Å². The second-order valence-corrected chi connectivity index (χ2v) is 10.6. The Morgan fingerprint density at radius 3 is 2.50 bits per heavy atom. The second-order valence-electron chi connectivity index (χ2n) is 10.6. The molecule has 156 valence electrons. The van der Waals surface area contributed by atoms with E-state index < -0.39 is 0 Å². The summed E-state index contributed by atoms with van der Waals surface area (Å²) in [7, 11) is 0. The average Bonchev–Trinajstić information content (AvgIpc) is 3.49. The van der Waals surface area contributed by atoms with Crippen LogP contribution in [-0.4, -0.2) is 29.8 Å². The van der Waals surface area contributed by atoms with Crippen LogP contribution in [0.25, 0.3) is 0 Å². The molecular formula is C28H33NO. The Morgan fingerprint density at radius 1 is 1.00 bits per heavy atom. The SMILES string of the molecule is Cc1ccc2c(c1)C1(CCN(C3CC4CCC3C4)CC1)CC2C(=O)c1ccccc1. The number of carbonyl (C=O) groups excluding carboxylic acids is 1. The quantitative estimate of drug-likeness (QED) is 0.600. The number of benzene rings is 2. The van der Waals surface area contributed by atoms with E-state index in [1.165, 1.54) is 68.3 Å². The fourth-order valence-corrected chi connectivity index (χ4v) is 7.50. The van der Waals surface area contributed by atoms with E-state index in [0.29, 0.717) is 5.78 Å². The van der Waals surface area contributed by atoms with Crippen molar-refractivity contribution in [3.8, 4) is 0 Å². The molecule has 1 saturated heterocycles. The van der Waals surface area contributed by atoms with Crippen molar-refractivity contribution < 1.29 is 4.79 Å². The standard InChI is InChI=1S/C28H33NO/c1-19-7-10-23-24(27(30)21-5-3-2-4-6-21)18-28(25(23)15-19)11-13-29(14-12-28)26-17-20-8-9-22(26)16-20/h2-7,10,15,20,22,24,26H,8-9,11-14,16-18H2,1H3. The number of piperidine rings is 1. The highest BCUT2D eigenvalue weighted by Crippen LogP contribution is 2.54. The van der Waals surface area contributed by atoms with Gasteiger partial charge < -0.3 is 4.90 Å². The van der Waals surface area contributed by atoms with Gasteiger partial charge >= 0.3 is 0 Å². The third kappa shape index (κ3) is 2.91. The molecule has 0 radical (unpaired) electrons. The number of carbonyl (C=O) groups is 1. The van der Waals surface area contributed by atoms with Crippen LogP contribution in [0, 0.1) is 18.8 Å². The zero-order valence-electron chi connectivity index (χ0n) is 18.1. The lowest BCUT2D eigenvalue weighted by atomic mass is 9.72. The van der Waals surface area contributed by atoms with Gasteiger partial charge in [-0.05, 0) is 86.9 Å². The molecule has 2 aromatic rings. The van der Waals surface area contributed by atoms with Crippen LogP contribution >= 0.6 is 0 Å². The molecule has 0 amide bonds. The van der Waals surface area contributed by atoms with Gasteiger partial charge in [-0.15, -0.1) is 0 Å². The van der Waals surface area contributed by atoms with E-state index in [9.17, 15) is 4.79 Å². The molecule has 2 saturated carbocycles. The summed E-state index contributed by atoms with van der Waals surface area (Å²) < 4.78 is 0. The Balaban J connectivity index is 1.27. The highest BCUT2D eigenvalue weighted by atomic mass is 16.1. The van der Waals surface area contributed by atoms with Crippen LogP contribution in [0.15, 0.2) is 48.5 Å². The first kappa shape index (κ1) is 18.8. The lowest BCUT2D eigenvalue weighted by Gasteiger charge is -2.44. The highest BCUT2D eigenvalue weighted by Gasteiger charge is 2.50. The van der Waals surface area contributed by atoms with Crippen LogP contribution in [0.1, 0.15) is 77.9 Å². The Morgan fingerprint density at radius 2 is 1.80 bits per heavy atom. The Kier molecular flexibility index (Phi) is 4.42. The minimum Gasteiger partial charge on any atom is -0.300 e. The van der Waals surface area contributed by atoms with E-state index >= 15 is 0 Å². The third-order valence-corrected chi connectivity index (χ3v) is 9.05. The number of ketones is 1. The summed E-state index contributed by atoms with van der Waals surface area (Å²) in [6, 6.07) is 17.7. The van der Waals surface area contributed by atoms with Gasteiger partial charge in [-0.25, -0.2) is 0 Å². The van der Waals surface area contributed by atoms with Gasteiger partial charge in [0.15, 0.2) is 5.78 Å². The topological polar surface area (TPSA) is 20.3 Å². The molecule has 2 bridgehead atoms. The molecule has 3 aliphatic carbocycles. The van der Waals surface area contributed by atoms with Crippen LogP contribution < -0.4 is 0 Å². The van der Waals surface area contributed by atoms with Gasteiger partial charge in [-0.3, -0.25) is 4.79 Å². The Bertz CT molecular complexity index is 956. The number of hydrogen-bond donors (Lipinski definition) is 0. The van der Waals surface area contributed by atoms with Crippen molar-refractivity contribution in [2.24, 2.45) is 11.8 Å². The van der Waals surface area contributed by atoms with E-state index in [1.807, 2.05) is 30.3 Å². The van der Waals surface area contributed by atoms with E-state index in [4.69, 9.17) is 0 Å². The van der Waals surface area contributed by atoms with Crippen molar-refractivity contribution in [1.29, 1.82) is 0 Å². The smallest absolute Gasteiger partial charge is 0.170 e. The molecule has 0 aromatic heterocycles. The number of fused-ring (bicyclic) bond motifs is 4. The van der Waals surface area contributed by atoms with E-state index in [2.05, 4.69) is 30.0 Å². The van der Waals surface area contributed by atoms with Crippen LogP contribution in [0.5, 0.6) is 0 Å². The maximum absolute atomic E-state index is 13.5. The lowest BCUT2D eigenvalue weighted by Crippen LogP contribution is -2.48. The van der Waals surface area contributed by atoms with Crippen molar-refractivity contribution >= 4 is 5.78 Å². The number of Topliss-reactive ketones (excluding diaryl/α,β-unsaturated/α-hetero) is 1. The molecule has 1 spiro atoms. The third-order valence-electron chi connectivity index (χ3n) is 9.05. The van der Waals surface area contributed by atoms with Crippen molar-refractivity contribution in [2.45, 2.75) is 69.2 Å². The van der Waals surface area contributed by atoms with Crippen molar-refractivity contribution in [2.75, 3.05) is 13.1 Å². The first-order valence-corrected chi connectivity index (χ1v) is 12.1. The summed E-state index contributed by atoms with van der Waals surface area (Å²) in [6.45, 7) is 4.63. The minimum absolute atomic E-state index is 0.0250. The van der Waals surface area contributed by atoms with Gasteiger partial charge in [0.25, 0.3) is 0 Å². The lowest BCUT2D eigenvalue weighted by molar-refractivity contribution is 0.0782. The zero-order valence-corrected chi connectivity index (χ0v) is 18.1. The summed E-state index contributed by atoms with van der Waals surface area (Å²) in [5.74, 6) is 2.32. The van der Waals surface area contributed by atoms with Crippen molar-refractivity contribution in [3.63, 3.8) is 0 Å². The summed E-state index contributed by atoms with van der Waals surface area (Å²) in [5.41, 5.74) is 5.19. The molecule has 6 rings (SSSR count). The molecule has 4 unspecified atom stereocenters. The van der Waals surface area contributed by atoms with Gasteiger partial charge in [-0.1, -0.05) is 60.5 Å². The van der Waals surface area contributed by atoms with E-state index in [1.54, 1.807) is 0 Å². The summed E-state index contributed by atoms with van der Waals surface area (Å²) in [6.07, 6.45) is 9.32. The monoisotopic (exact) mass is 399 g/mol. The summed E-state index contributed by atoms with van der Waals surface area (Å²) in [5, 5.41) is 0. The predicted octanol–water partition coefficient (Wildman–Crippen LogP) is 5.89. The Labute approximate surface area is 180 Å². The largest absolute Gasteiger partial charge is 0.300 e. The Hall–Kier alpha value is -1.93. The maximum Gasteiger partial charge on any atom is 0.170 e. The molecule has 4 atom stereocenters. The first-order chi connectivity index (χ1) is 14.6. The average molecular weight is 400 g/mol. The molecule has 2 nitrogen and oxygen atoms in total. The van der Waals surface area contributed by atoms with Crippen LogP contribution in [0.3, 0.4) is 0 Å². The maximum atomic E-state index is 13.5. The van der Waals surface area contributed by atoms with Crippen LogP contribution in [0.2, 0.25) is 0 Å². The molecule has 1 heterocycles. The first-order valence-electron chi connectivity index (χ1n) is 12.1. The second kappa shape index (κ2) is 7.05. The van der Waals surface area contributed by atoms with Gasteiger partial charge in [-0.2, -0.15) is 0 Å². The molecule has 2 aromatic carbocycles. The van der Waals surface area contributed by atoms with E-state index in [-0.39, 0.29) is 11.3 Å². The minimum atomic E-state index is 0.0250. The number of aryl methyl sites for hydroxylation is 1. The summed E-state index contributed by atoms with van der Waals surface area (Å²) >= 11 is 0. The molecular weight excluding hydrogens is 366 g/mol. The van der Waals surface area contributed by atoms with Gasteiger partial charge in [0.05, 0.1) is 0 Å². The molecule has 2 heteroatoms. The molecule has 0 N–H and O–H groups in total. The highest BCUT2D eigenvalue weighted by molar-refractivity contribution is 6.01. The fraction of sp³-hybridized carbons (Fsp3) is 0.536. The predicted molar refractivity (Wildman–Crippen MR) is 121 cm³/mol. The molecule has 30 heavy (non-hydrogen) atoms. The molecule has 4 aliphatic rings. The van der Waals surface area contributed by atoms with Crippen LogP contribution in [-0.2, 0) is 5.41 Å². The van der Waals surface area contributed by atoms with Crippen molar-refractivity contribution in [3.05, 3.63) is 70.8 Å². The normalized spacial score (nSPS) is 31.9. The zero-order chi connectivity index (χ0) is 20.3. The number of nitrogens with zero attached hydrogens (tertiary/aromatic N) is 1. The summed E-state index contributed by atoms with van der Waals surface area (Å²) in [4.78, 5) is 16.3. The van der Waals surface area contributed by atoms with Gasteiger partial charge in [0, 0.05) is 17.5 Å². The van der Waals surface area contributed by atoms with Crippen molar-refractivity contribution in [1.82, 2.24) is 4.90 Å². The number of rotatable bonds is 3. The number of hydrogen-bond acceptors (Lipinski definition) is 2. The molecule has 3 fully saturated rings. The number of likely N-dealkylation sites (tertiary alicyclic amines) is 1. The van der Waals surface area contributed by atoms with Crippen LogP contribution in [0.4, 0.5) is 0 Å². The van der Waals surface area contributed by atoms with E-state index in [0.717, 1.165) is 29.9 Å². The fourth-order valence-electron chi connectivity index (χ4n) is 7.50. The van der Waals surface area contributed by atoms with Gasteiger partial charge in [0.1, 0.15) is 0 Å². The molecule has 1 aliphatic heterocycles.